The molecular formula is C21H27N7O. The molecule has 0 aliphatic rings. The van der Waals surface area contributed by atoms with E-state index in [0.717, 1.165) is 30.2 Å². The first-order chi connectivity index (χ1) is 13.9. The number of amidine groups is 1. The van der Waals surface area contributed by atoms with E-state index in [1.165, 1.54) is 0 Å². The Morgan fingerprint density at radius 3 is 2.76 bits per heavy atom. The molecule has 0 unspecified atom stereocenters. The average molecular weight is 393 g/mol. The van der Waals surface area contributed by atoms with Crippen LogP contribution in [0.15, 0.2) is 41.7 Å². The first-order valence-corrected chi connectivity index (χ1v) is 9.61. The SMILES string of the molecule is CCNc1cc(Nc2ccnn2CC)ncc1C(N)=Nc1c(C)ccc(O)c1C. The molecule has 0 saturated carbocycles. The van der Waals surface area contributed by atoms with E-state index < -0.39 is 0 Å². The summed E-state index contributed by atoms with van der Waals surface area (Å²) in [5, 5.41) is 20.9. The number of nitrogens with zero attached hydrogens (tertiary/aromatic N) is 4. The zero-order valence-electron chi connectivity index (χ0n) is 17.2. The Morgan fingerprint density at radius 1 is 1.24 bits per heavy atom. The fourth-order valence-electron chi connectivity index (χ4n) is 3.06. The molecule has 0 saturated heterocycles. The fraction of sp³-hybridized carbons (Fsp3) is 0.286. The van der Waals surface area contributed by atoms with Crippen LogP contribution in [-0.2, 0) is 6.54 Å². The summed E-state index contributed by atoms with van der Waals surface area (Å²) in [4.78, 5) is 9.08. The summed E-state index contributed by atoms with van der Waals surface area (Å²) in [5.74, 6) is 2.06. The van der Waals surface area contributed by atoms with Crippen LogP contribution in [0, 0.1) is 13.8 Å². The zero-order chi connectivity index (χ0) is 21.0. The van der Waals surface area contributed by atoms with Crippen molar-refractivity contribution in [1.82, 2.24) is 14.8 Å². The summed E-state index contributed by atoms with van der Waals surface area (Å²) in [6.45, 7) is 9.28. The van der Waals surface area contributed by atoms with Crippen LogP contribution in [0.25, 0.3) is 0 Å². The molecule has 0 aliphatic carbocycles. The molecule has 8 heteroatoms. The average Bonchev–Trinajstić information content (AvgIpc) is 3.15. The second-order valence-corrected chi connectivity index (χ2v) is 6.67. The van der Waals surface area contributed by atoms with Crippen molar-refractivity contribution in [3.8, 4) is 5.75 Å². The quantitative estimate of drug-likeness (QED) is 0.358. The third-order valence-electron chi connectivity index (χ3n) is 4.66. The van der Waals surface area contributed by atoms with Crippen LogP contribution in [0.1, 0.15) is 30.5 Å². The van der Waals surface area contributed by atoms with Crippen molar-refractivity contribution in [1.29, 1.82) is 0 Å². The summed E-state index contributed by atoms with van der Waals surface area (Å²) >= 11 is 0. The number of rotatable bonds is 7. The predicted octanol–water partition coefficient (Wildman–Crippen LogP) is 3.83. The maximum absolute atomic E-state index is 10.00. The van der Waals surface area contributed by atoms with E-state index in [4.69, 9.17) is 5.73 Å². The zero-order valence-corrected chi connectivity index (χ0v) is 17.2. The molecule has 0 spiro atoms. The maximum Gasteiger partial charge on any atom is 0.135 e. The second-order valence-electron chi connectivity index (χ2n) is 6.67. The number of aliphatic imine (C=N–C) groups is 1. The lowest BCUT2D eigenvalue weighted by molar-refractivity contribution is 0.471. The molecule has 29 heavy (non-hydrogen) atoms. The molecule has 0 atom stereocenters. The van der Waals surface area contributed by atoms with Gasteiger partial charge in [0.2, 0.25) is 0 Å². The highest BCUT2D eigenvalue weighted by atomic mass is 16.3. The van der Waals surface area contributed by atoms with Crippen LogP contribution in [0.5, 0.6) is 5.75 Å². The molecule has 0 amide bonds. The van der Waals surface area contributed by atoms with Gasteiger partial charge in [0, 0.05) is 37.0 Å². The summed E-state index contributed by atoms with van der Waals surface area (Å²) in [6, 6.07) is 7.28. The van der Waals surface area contributed by atoms with Gasteiger partial charge < -0.3 is 21.5 Å². The van der Waals surface area contributed by atoms with Crippen molar-refractivity contribution in [3.05, 3.63) is 53.3 Å². The Morgan fingerprint density at radius 2 is 2.03 bits per heavy atom. The largest absolute Gasteiger partial charge is 0.508 e. The lowest BCUT2D eigenvalue weighted by Crippen LogP contribution is -2.17. The van der Waals surface area contributed by atoms with Crippen LogP contribution < -0.4 is 16.4 Å². The molecule has 0 fully saturated rings. The third kappa shape index (κ3) is 4.31. The van der Waals surface area contributed by atoms with Gasteiger partial charge in [0.05, 0.1) is 23.1 Å². The molecule has 1 aromatic carbocycles. The van der Waals surface area contributed by atoms with Gasteiger partial charge in [-0.15, -0.1) is 0 Å². The molecule has 3 aromatic rings. The molecule has 2 aromatic heterocycles. The number of anilines is 3. The van der Waals surface area contributed by atoms with E-state index in [1.807, 2.05) is 50.6 Å². The lowest BCUT2D eigenvalue weighted by Gasteiger charge is -2.14. The van der Waals surface area contributed by atoms with Crippen molar-refractivity contribution >= 4 is 28.8 Å². The van der Waals surface area contributed by atoms with E-state index in [0.29, 0.717) is 28.5 Å². The van der Waals surface area contributed by atoms with E-state index in [1.54, 1.807) is 18.5 Å². The van der Waals surface area contributed by atoms with Gasteiger partial charge in [0.25, 0.3) is 0 Å². The molecule has 152 valence electrons. The summed E-state index contributed by atoms with van der Waals surface area (Å²) in [6.07, 6.45) is 3.44. The second kappa shape index (κ2) is 8.64. The molecule has 0 bridgehead atoms. The normalized spacial score (nSPS) is 11.5. The Labute approximate surface area is 170 Å². The predicted molar refractivity (Wildman–Crippen MR) is 118 cm³/mol. The number of phenolic OH excluding ortho intramolecular Hbond substituents is 1. The summed E-state index contributed by atoms with van der Waals surface area (Å²) in [5.41, 5.74) is 10.1. The number of aromatic hydroxyl groups is 1. The molecule has 0 radical (unpaired) electrons. The van der Waals surface area contributed by atoms with E-state index in [-0.39, 0.29) is 5.75 Å². The smallest absolute Gasteiger partial charge is 0.135 e. The Kier molecular flexibility index (Phi) is 6.01. The van der Waals surface area contributed by atoms with E-state index in [9.17, 15) is 5.11 Å². The number of pyridine rings is 1. The van der Waals surface area contributed by atoms with Crippen molar-refractivity contribution < 1.29 is 5.11 Å². The van der Waals surface area contributed by atoms with Gasteiger partial charge in [-0.1, -0.05) is 6.07 Å². The number of aromatic nitrogens is 3. The van der Waals surface area contributed by atoms with Gasteiger partial charge in [-0.2, -0.15) is 5.10 Å². The van der Waals surface area contributed by atoms with Crippen LogP contribution in [-0.4, -0.2) is 32.3 Å². The van der Waals surface area contributed by atoms with Crippen LogP contribution in [0.4, 0.5) is 23.0 Å². The number of nitrogens with two attached hydrogens (primary N) is 1. The van der Waals surface area contributed by atoms with E-state index in [2.05, 4.69) is 25.7 Å². The highest BCUT2D eigenvalue weighted by molar-refractivity contribution is 6.04. The fourth-order valence-corrected chi connectivity index (χ4v) is 3.06. The minimum absolute atomic E-state index is 0.194. The first kappa shape index (κ1) is 20.2. The van der Waals surface area contributed by atoms with Crippen molar-refractivity contribution in [2.24, 2.45) is 10.7 Å². The molecule has 0 aliphatic heterocycles. The highest BCUT2D eigenvalue weighted by Crippen LogP contribution is 2.31. The minimum Gasteiger partial charge on any atom is -0.508 e. The number of hydrogen-bond acceptors (Lipinski definition) is 6. The van der Waals surface area contributed by atoms with Gasteiger partial charge in [-0.3, -0.25) is 0 Å². The third-order valence-corrected chi connectivity index (χ3v) is 4.66. The van der Waals surface area contributed by atoms with Crippen molar-refractivity contribution in [2.75, 3.05) is 17.2 Å². The number of nitrogens with one attached hydrogen (secondary N) is 2. The van der Waals surface area contributed by atoms with Gasteiger partial charge in [0.1, 0.15) is 23.2 Å². The van der Waals surface area contributed by atoms with Gasteiger partial charge in [-0.25, -0.2) is 14.7 Å². The van der Waals surface area contributed by atoms with Gasteiger partial charge in [0.15, 0.2) is 0 Å². The summed E-state index contributed by atoms with van der Waals surface area (Å²) in [7, 11) is 0. The maximum atomic E-state index is 10.00. The topological polar surface area (TPSA) is 113 Å². The number of phenols is 1. The van der Waals surface area contributed by atoms with Crippen LogP contribution >= 0.6 is 0 Å². The van der Waals surface area contributed by atoms with Gasteiger partial charge in [-0.05, 0) is 39.3 Å². The summed E-state index contributed by atoms with van der Waals surface area (Å²) < 4.78 is 1.85. The number of benzene rings is 1. The monoisotopic (exact) mass is 393 g/mol. The Hall–Kier alpha value is -3.55. The molecule has 2 heterocycles. The van der Waals surface area contributed by atoms with E-state index >= 15 is 0 Å². The number of hydrogen-bond donors (Lipinski definition) is 4. The lowest BCUT2D eigenvalue weighted by atomic mass is 10.1. The minimum atomic E-state index is 0.194. The first-order valence-electron chi connectivity index (χ1n) is 9.61. The molecular weight excluding hydrogens is 366 g/mol. The number of aryl methyl sites for hydroxylation is 2. The van der Waals surface area contributed by atoms with Gasteiger partial charge >= 0.3 is 0 Å². The van der Waals surface area contributed by atoms with Crippen LogP contribution in [0.3, 0.4) is 0 Å². The molecule has 3 rings (SSSR count). The van der Waals surface area contributed by atoms with Crippen molar-refractivity contribution in [3.63, 3.8) is 0 Å². The standard InChI is InChI=1S/C21H27N7O/c1-5-23-16-11-18(26-19-9-10-25-28(19)6-2)24-12-15(16)21(22)27-20-13(3)7-8-17(29)14(20)4/h7-12,29H,5-6H2,1-4H3,(H2,22,27)(H2,23,24,26). The Bertz CT molecular complexity index is 1040. The highest BCUT2D eigenvalue weighted by Gasteiger charge is 2.12. The van der Waals surface area contributed by atoms with Crippen molar-refractivity contribution in [2.45, 2.75) is 34.2 Å². The van der Waals surface area contributed by atoms with Crippen LogP contribution in [0.2, 0.25) is 0 Å². The molecule has 5 N–H and O–H groups in total. The molecule has 8 nitrogen and oxygen atoms in total. The Balaban J connectivity index is 1.98.